The van der Waals surface area contributed by atoms with Gasteiger partial charge >= 0.3 is 0 Å². The van der Waals surface area contributed by atoms with Crippen molar-refractivity contribution in [1.29, 1.82) is 0 Å². The smallest absolute Gasteiger partial charge is 0.230 e. The molecule has 0 saturated carbocycles. The van der Waals surface area contributed by atoms with E-state index in [-0.39, 0.29) is 17.7 Å². The lowest BCUT2D eigenvalue weighted by Gasteiger charge is -2.15. The summed E-state index contributed by atoms with van der Waals surface area (Å²) in [4.78, 5) is 11.9. The Morgan fingerprint density at radius 1 is 1.48 bits per heavy atom. The summed E-state index contributed by atoms with van der Waals surface area (Å²) in [6.07, 6.45) is 0. The summed E-state index contributed by atoms with van der Waals surface area (Å²) in [5.74, 6) is 0.122. The van der Waals surface area contributed by atoms with Crippen LogP contribution in [0.15, 0.2) is 22.5 Å². The number of carbonyl (C=O) groups is 1. The molecular formula is C12H12Cl2N4OS2. The number of nitrogen functional groups attached to an aromatic ring is 1. The third-order valence-electron chi connectivity index (χ3n) is 2.56. The molecule has 1 amide bonds. The molecule has 0 aliphatic carbocycles. The molecule has 0 fully saturated rings. The monoisotopic (exact) mass is 362 g/mol. The van der Waals surface area contributed by atoms with Gasteiger partial charge in [0, 0.05) is 10.0 Å². The maximum absolute atomic E-state index is 11.9. The second kappa shape index (κ2) is 7.31. The van der Waals surface area contributed by atoms with E-state index >= 15 is 0 Å². The van der Waals surface area contributed by atoms with E-state index in [0.29, 0.717) is 19.5 Å². The summed E-state index contributed by atoms with van der Waals surface area (Å²) < 4.78 is 0.667. The molecule has 3 N–H and O–H groups in total. The number of anilines is 1. The molecule has 0 spiro atoms. The summed E-state index contributed by atoms with van der Waals surface area (Å²) in [6.45, 7) is 1.86. The van der Waals surface area contributed by atoms with Crippen molar-refractivity contribution in [3.63, 3.8) is 0 Å². The van der Waals surface area contributed by atoms with Crippen LogP contribution >= 0.6 is 46.3 Å². The van der Waals surface area contributed by atoms with Gasteiger partial charge in [0.1, 0.15) is 0 Å². The largest absolute Gasteiger partial charge is 0.374 e. The number of benzene rings is 1. The van der Waals surface area contributed by atoms with Gasteiger partial charge in [-0.2, -0.15) is 0 Å². The second-order valence-electron chi connectivity index (χ2n) is 4.15. The fourth-order valence-electron chi connectivity index (χ4n) is 1.62. The number of hydrogen-bond acceptors (Lipinski definition) is 6. The molecule has 1 atom stereocenters. The molecule has 0 aliphatic rings. The van der Waals surface area contributed by atoms with Crippen molar-refractivity contribution in [3.05, 3.63) is 33.8 Å². The minimum Gasteiger partial charge on any atom is -0.374 e. The zero-order chi connectivity index (χ0) is 15.4. The van der Waals surface area contributed by atoms with Crippen molar-refractivity contribution < 1.29 is 4.79 Å². The highest BCUT2D eigenvalue weighted by Gasteiger charge is 2.14. The Morgan fingerprint density at radius 3 is 2.86 bits per heavy atom. The van der Waals surface area contributed by atoms with Crippen LogP contribution in [0, 0.1) is 0 Å². The number of thioether (sulfide) groups is 1. The first kappa shape index (κ1) is 16.4. The SMILES string of the molecule is C[C@H](NC(=O)CSc1nnc(N)s1)c1ccc(Cl)cc1Cl. The normalized spacial score (nSPS) is 12.1. The Hall–Kier alpha value is -1.02. The lowest BCUT2D eigenvalue weighted by molar-refractivity contribution is -0.119. The van der Waals surface area contributed by atoms with E-state index < -0.39 is 0 Å². The van der Waals surface area contributed by atoms with Crippen molar-refractivity contribution in [2.75, 3.05) is 11.5 Å². The highest BCUT2D eigenvalue weighted by Crippen LogP contribution is 2.27. The first-order valence-corrected chi connectivity index (χ1v) is 8.47. The van der Waals surface area contributed by atoms with Gasteiger partial charge in [0.25, 0.3) is 0 Å². The second-order valence-corrected chi connectivity index (χ2v) is 7.23. The van der Waals surface area contributed by atoms with Crippen LogP contribution in [0.5, 0.6) is 0 Å². The first-order valence-electron chi connectivity index (χ1n) is 5.92. The van der Waals surface area contributed by atoms with Crippen molar-refractivity contribution in [3.8, 4) is 0 Å². The summed E-state index contributed by atoms with van der Waals surface area (Å²) in [5, 5.41) is 11.9. The lowest BCUT2D eigenvalue weighted by atomic mass is 10.1. The van der Waals surface area contributed by atoms with Crippen LogP contribution in [0.4, 0.5) is 5.13 Å². The molecule has 2 aromatic rings. The van der Waals surface area contributed by atoms with Crippen LogP contribution in [0.2, 0.25) is 10.0 Å². The molecular weight excluding hydrogens is 351 g/mol. The van der Waals surface area contributed by atoms with Gasteiger partial charge in [-0.05, 0) is 24.6 Å². The number of nitrogens with two attached hydrogens (primary N) is 1. The van der Waals surface area contributed by atoms with E-state index in [9.17, 15) is 4.79 Å². The molecule has 0 saturated heterocycles. The maximum atomic E-state index is 11.9. The number of carbonyl (C=O) groups excluding carboxylic acids is 1. The van der Waals surface area contributed by atoms with Gasteiger partial charge in [0.05, 0.1) is 11.8 Å². The van der Waals surface area contributed by atoms with Gasteiger partial charge < -0.3 is 11.1 Å². The Bertz CT molecular complexity index is 650. The molecule has 2 rings (SSSR count). The highest BCUT2D eigenvalue weighted by atomic mass is 35.5. The van der Waals surface area contributed by atoms with Crippen LogP contribution in [-0.4, -0.2) is 21.9 Å². The standard InChI is InChI=1S/C12H12Cl2N4OS2/c1-6(8-3-2-7(13)4-9(8)14)16-10(19)5-20-12-18-17-11(15)21-12/h2-4,6H,5H2,1H3,(H2,15,17)(H,16,19)/t6-/m0/s1. The minimum absolute atomic E-state index is 0.118. The predicted molar refractivity (Wildman–Crippen MR) is 88.1 cm³/mol. The van der Waals surface area contributed by atoms with Gasteiger partial charge in [-0.15, -0.1) is 10.2 Å². The van der Waals surface area contributed by atoms with Crippen molar-refractivity contribution in [2.24, 2.45) is 0 Å². The van der Waals surface area contributed by atoms with E-state index in [0.717, 1.165) is 5.56 Å². The van der Waals surface area contributed by atoms with Crippen molar-refractivity contribution in [1.82, 2.24) is 15.5 Å². The van der Waals surface area contributed by atoms with Gasteiger partial charge in [0.15, 0.2) is 4.34 Å². The third-order valence-corrected chi connectivity index (χ3v) is 5.00. The number of aromatic nitrogens is 2. The number of nitrogens with one attached hydrogen (secondary N) is 1. The zero-order valence-electron chi connectivity index (χ0n) is 11.0. The highest BCUT2D eigenvalue weighted by molar-refractivity contribution is 8.01. The zero-order valence-corrected chi connectivity index (χ0v) is 14.1. The lowest BCUT2D eigenvalue weighted by Crippen LogP contribution is -2.28. The number of rotatable bonds is 5. The molecule has 1 heterocycles. The number of halogens is 2. The fourth-order valence-corrected chi connectivity index (χ4v) is 3.64. The molecule has 1 aromatic heterocycles. The first-order chi connectivity index (χ1) is 9.95. The van der Waals surface area contributed by atoms with E-state index in [2.05, 4.69) is 15.5 Å². The molecule has 0 bridgehead atoms. The Kier molecular flexibility index (Phi) is 5.69. The molecule has 0 radical (unpaired) electrons. The van der Waals surface area contributed by atoms with Crippen LogP contribution in [-0.2, 0) is 4.79 Å². The number of amides is 1. The summed E-state index contributed by atoms with van der Waals surface area (Å²) in [7, 11) is 0. The van der Waals surface area contributed by atoms with Crippen LogP contribution in [0.3, 0.4) is 0 Å². The number of nitrogens with zero attached hydrogens (tertiary/aromatic N) is 2. The summed E-state index contributed by atoms with van der Waals surface area (Å²) in [6, 6.07) is 4.99. The Labute approximate surface area is 140 Å². The van der Waals surface area contributed by atoms with E-state index in [4.69, 9.17) is 28.9 Å². The van der Waals surface area contributed by atoms with Gasteiger partial charge in [-0.3, -0.25) is 4.79 Å². The molecule has 21 heavy (non-hydrogen) atoms. The third kappa shape index (κ3) is 4.74. The van der Waals surface area contributed by atoms with E-state index in [1.807, 2.05) is 6.92 Å². The maximum Gasteiger partial charge on any atom is 0.230 e. The quantitative estimate of drug-likeness (QED) is 0.796. The van der Waals surface area contributed by atoms with Crippen LogP contribution < -0.4 is 11.1 Å². The minimum atomic E-state index is -0.206. The van der Waals surface area contributed by atoms with Crippen LogP contribution in [0.25, 0.3) is 0 Å². The van der Waals surface area contributed by atoms with Gasteiger partial charge in [-0.1, -0.05) is 52.4 Å². The van der Waals surface area contributed by atoms with Gasteiger partial charge in [-0.25, -0.2) is 0 Å². The fraction of sp³-hybridized carbons (Fsp3) is 0.250. The molecule has 5 nitrogen and oxygen atoms in total. The average Bonchev–Trinajstić information content (AvgIpc) is 2.82. The topological polar surface area (TPSA) is 80.9 Å². The van der Waals surface area contributed by atoms with Gasteiger partial charge in [0.2, 0.25) is 11.0 Å². The van der Waals surface area contributed by atoms with E-state index in [1.54, 1.807) is 18.2 Å². The summed E-state index contributed by atoms with van der Waals surface area (Å²) >= 11 is 14.5. The summed E-state index contributed by atoms with van der Waals surface area (Å²) in [5.41, 5.74) is 6.30. The number of hydrogen-bond donors (Lipinski definition) is 2. The Morgan fingerprint density at radius 2 is 2.24 bits per heavy atom. The molecule has 9 heteroatoms. The average molecular weight is 363 g/mol. The molecule has 1 aromatic carbocycles. The van der Waals surface area contributed by atoms with Crippen LogP contribution in [0.1, 0.15) is 18.5 Å². The van der Waals surface area contributed by atoms with Crippen molar-refractivity contribution in [2.45, 2.75) is 17.3 Å². The predicted octanol–water partition coefficient (Wildman–Crippen LogP) is 3.40. The molecule has 112 valence electrons. The molecule has 0 aliphatic heterocycles. The van der Waals surface area contributed by atoms with Crippen molar-refractivity contribution >= 4 is 57.3 Å². The Balaban J connectivity index is 1.89. The van der Waals surface area contributed by atoms with E-state index in [1.165, 1.54) is 23.1 Å². The molecule has 0 unspecified atom stereocenters.